The third-order valence-electron chi connectivity index (χ3n) is 2.16. The van der Waals surface area contributed by atoms with E-state index >= 15 is 0 Å². The molecule has 70 valence electrons. The molecule has 0 spiro atoms. The predicted molar refractivity (Wildman–Crippen MR) is 54.8 cm³/mol. The molecule has 1 saturated heterocycles. The second kappa shape index (κ2) is 4.90. The van der Waals surface area contributed by atoms with Crippen molar-refractivity contribution in [2.45, 2.75) is 13.0 Å². The van der Waals surface area contributed by atoms with Crippen molar-refractivity contribution in [2.24, 2.45) is 0 Å². The second-order valence-corrected chi connectivity index (χ2v) is 3.62. The van der Waals surface area contributed by atoms with Gasteiger partial charge in [0.05, 0.1) is 13.2 Å². The lowest BCUT2D eigenvalue weighted by molar-refractivity contribution is 0.00448. The molecule has 0 amide bonds. The van der Waals surface area contributed by atoms with Gasteiger partial charge in [0, 0.05) is 24.9 Å². The van der Waals surface area contributed by atoms with Gasteiger partial charge in [-0.2, -0.15) is 12.6 Å². The molecule has 0 aromatic rings. The Labute approximate surface area is 80.0 Å². The largest absolute Gasteiger partial charge is 0.379 e. The van der Waals surface area contributed by atoms with E-state index in [1.165, 1.54) is 5.57 Å². The number of thiol groups is 1. The minimum absolute atomic E-state index is 0.524. The Morgan fingerprint density at radius 3 is 3.08 bits per heavy atom. The number of hydrogen-bond donors (Lipinski definition) is 1. The van der Waals surface area contributed by atoms with Gasteiger partial charge in [-0.05, 0) is 6.92 Å². The van der Waals surface area contributed by atoms with Crippen molar-refractivity contribution >= 4 is 12.6 Å². The van der Waals surface area contributed by atoms with Crippen molar-refractivity contribution in [3.8, 4) is 0 Å². The summed E-state index contributed by atoms with van der Waals surface area (Å²) < 4.78 is 5.34. The second-order valence-electron chi connectivity index (χ2n) is 3.30. The summed E-state index contributed by atoms with van der Waals surface area (Å²) in [7, 11) is 0. The van der Waals surface area contributed by atoms with E-state index in [1.54, 1.807) is 0 Å². The van der Waals surface area contributed by atoms with E-state index in [-0.39, 0.29) is 0 Å². The molecule has 1 fully saturated rings. The number of nitrogens with zero attached hydrogens (tertiary/aromatic N) is 1. The minimum Gasteiger partial charge on any atom is -0.379 e. The van der Waals surface area contributed by atoms with Crippen LogP contribution in [0.25, 0.3) is 0 Å². The van der Waals surface area contributed by atoms with Crippen molar-refractivity contribution in [1.82, 2.24) is 4.90 Å². The molecule has 3 heteroatoms. The summed E-state index contributed by atoms with van der Waals surface area (Å²) in [6.45, 7) is 9.81. The molecule has 2 nitrogen and oxygen atoms in total. The van der Waals surface area contributed by atoms with Gasteiger partial charge in [-0.1, -0.05) is 12.2 Å². The van der Waals surface area contributed by atoms with Crippen molar-refractivity contribution < 1.29 is 4.74 Å². The summed E-state index contributed by atoms with van der Waals surface area (Å²) in [5.41, 5.74) is 1.19. The van der Waals surface area contributed by atoms with Crippen LogP contribution >= 0.6 is 12.6 Å². The molecule has 12 heavy (non-hydrogen) atoms. The Balaban J connectivity index is 2.33. The highest BCUT2D eigenvalue weighted by molar-refractivity contribution is 7.80. The van der Waals surface area contributed by atoms with Crippen LogP contribution in [0.4, 0.5) is 0 Å². The maximum Gasteiger partial charge on any atom is 0.0619 e. The predicted octanol–water partition coefficient (Wildman–Crippen LogP) is 1.19. The van der Waals surface area contributed by atoms with Crippen LogP contribution < -0.4 is 0 Å². The van der Waals surface area contributed by atoms with Gasteiger partial charge in [0.15, 0.2) is 0 Å². The quantitative estimate of drug-likeness (QED) is 0.526. The molecule has 0 saturated carbocycles. The third-order valence-corrected chi connectivity index (χ3v) is 2.60. The number of ether oxygens (including phenoxy) is 1. The maximum absolute atomic E-state index is 5.34. The highest BCUT2D eigenvalue weighted by atomic mass is 32.1. The number of hydrogen-bond acceptors (Lipinski definition) is 3. The Morgan fingerprint density at radius 2 is 2.50 bits per heavy atom. The van der Waals surface area contributed by atoms with Crippen molar-refractivity contribution in [3.05, 3.63) is 12.2 Å². The van der Waals surface area contributed by atoms with Crippen molar-refractivity contribution in [1.29, 1.82) is 0 Å². The van der Waals surface area contributed by atoms with Crippen LogP contribution in [0.3, 0.4) is 0 Å². The zero-order chi connectivity index (χ0) is 8.97. The molecule has 0 aliphatic carbocycles. The molecule has 0 N–H and O–H groups in total. The molecule has 0 bridgehead atoms. The maximum atomic E-state index is 5.34. The first-order chi connectivity index (χ1) is 5.74. The van der Waals surface area contributed by atoms with Crippen molar-refractivity contribution in [3.63, 3.8) is 0 Å². The van der Waals surface area contributed by atoms with Gasteiger partial charge in [-0.25, -0.2) is 0 Å². The summed E-state index contributed by atoms with van der Waals surface area (Å²) in [4.78, 5) is 2.39. The van der Waals surface area contributed by atoms with Gasteiger partial charge >= 0.3 is 0 Å². The summed E-state index contributed by atoms with van der Waals surface area (Å²) in [6.07, 6.45) is 0. The fourth-order valence-electron chi connectivity index (χ4n) is 1.33. The van der Waals surface area contributed by atoms with Gasteiger partial charge in [0.2, 0.25) is 0 Å². The Morgan fingerprint density at radius 1 is 1.75 bits per heavy atom. The van der Waals surface area contributed by atoms with Gasteiger partial charge in [0.25, 0.3) is 0 Å². The average molecular weight is 187 g/mol. The fourth-order valence-corrected chi connectivity index (χ4v) is 1.43. The Bertz CT molecular complexity index is 161. The van der Waals surface area contributed by atoms with E-state index in [4.69, 9.17) is 4.74 Å². The summed E-state index contributed by atoms with van der Waals surface area (Å²) in [5, 5.41) is 0. The SMILES string of the molecule is C=C(CS)CN1CCOCC1C. The van der Waals surface area contributed by atoms with E-state index < -0.39 is 0 Å². The Kier molecular flexibility index (Phi) is 4.12. The van der Waals surface area contributed by atoms with Crippen LogP contribution in [-0.2, 0) is 4.74 Å². The normalized spacial score (nSPS) is 25.7. The van der Waals surface area contributed by atoms with Crippen molar-refractivity contribution in [2.75, 3.05) is 32.1 Å². The van der Waals surface area contributed by atoms with Gasteiger partial charge in [-0.15, -0.1) is 0 Å². The minimum atomic E-state index is 0.524. The van der Waals surface area contributed by atoms with Crippen LogP contribution in [0.1, 0.15) is 6.92 Å². The molecule has 0 aromatic carbocycles. The molecule has 1 aliphatic rings. The molecule has 1 aliphatic heterocycles. The molecular formula is C9H17NOS. The van der Waals surface area contributed by atoms with Crippen LogP contribution in [-0.4, -0.2) is 43.0 Å². The molecule has 1 unspecified atom stereocenters. The van der Waals surface area contributed by atoms with E-state index in [0.717, 1.165) is 32.1 Å². The van der Waals surface area contributed by atoms with Gasteiger partial charge in [0.1, 0.15) is 0 Å². The van der Waals surface area contributed by atoms with E-state index in [1.807, 2.05) is 0 Å². The number of morpholine rings is 1. The lowest BCUT2D eigenvalue weighted by Crippen LogP contribution is -2.44. The summed E-state index contributed by atoms with van der Waals surface area (Å²) in [6, 6.07) is 0.524. The fraction of sp³-hybridized carbons (Fsp3) is 0.778. The van der Waals surface area contributed by atoms with E-state index in [2.05, 4.69) is 31.0 Å². The zero-order valence-corrected chi connectivity index (χ0v) is 8.52. The first-order valence-corrected chi connectivity index (χ1v) is 4.96. The van der Waals surface area contributed by atoms with E-state index in [0.29, 0.717) is 6.04 Å². The number of rotatable bonds is 3. The molecule has 1 atom stereocenters. The van der Waals surface area contributed by atoms with Crippen LogP contribution in [0.2, 0.25) is 0 Å². The molecule has 1 heterocycles. The summed E-state index contributed by atoms with van der Waals surface area (Å²) in [5.74, 6) is 0.782. The summed E-state index contributed by atoms with van der Waals surface area (Å²) >= 11 is 4.19. The highest BCUT2D eigenvalue weighted by Crippen LogP contribution is 2.08. The van der Waals surface area contributed by atoms with Crippen LogP contribution in [0.15, 0.2) is 12.2 Å². The standard InChI is InChI=1S/C9H17NOS/c1-8(7-12)5-10-3-4-11-6-9(10)2/h9,12H,1,3-7H2,2H3. The lowest BCUT2D eigenvalue weighted by atomic mass is 10.2. The smallest absolute Gasteiger partial charge is 0.0619 e. The molecular weight excluding hydrogens is 170 g/mol. The van der Waals surface area contributed by atoms with Gasteiger partial charge < -0.3 is 4.74 Å². The van der Waals surface area contributed by atoms with Gasteiger partial charge in [-0.3, -0.25) is 4.90 Å². The highest BCUT2D eigenvalue weighted by Gasteiger charge is 2.18. The lowest BCUT2D eigenvalue weighted by Gasteiger charge is -2.33. The Hall–Kier alpha value is 0.01000. The molecule has 1 rings (SSSR count). The zero-order valence-electron chi connectivity index (χ0n) is 7.62. The molecule has 0 radical (unpaired) electrons. The first-order valence-electron chi connectivity index (χ1n) is 4.33. The average Bonchev–Trinajstić information content (AvgIpc) is 2.09. The van der Waals surface area contributed by atoms with Crippen LogP contribution in [0, 0.1) is 0 Å². The first kappa shape index (κ1) is 10.1. The van der Waals surface area contributed by atoms with Crippen LogP contribution in [0.5, 0.6) is 0 Å². The molecule has 0 aromatic heterocycles. The third kappa shape index (κ3) is 2.81. The van der Waals surface area contributed by atoms with E-state index in [9.17, 15) is 0 Å². The topological polar surface area (TPSA) is 12.5 Å². The monoisotopic (exact) mass is 187 g/mol.